The van der Waals surface area contributed by atoms with Gasteiger partial charge in [-0.2, -0.15) is 4.31 Å². The van der Waals surface area contributed by atoms with E-state index in [1.807, 2.05) is 6.92 Å². The van der Waals surface area contributed by atoms with E-state index in [2.05, 4.69) is 5.32 Å². The minimum atomic E-state index is -3.61. The molecule has 0 radical (unpaired) electrons. The monoisotopic (exact) mass is 354 g/mol. The zero-order valence-electron chi connectivity index (χ0n) is 14.4. The van der Waals surface area contributed by atoms with E-state index in [0.717, 1.165) is 19.3 Å². The predicted molar refractivity (Wildman–Crippen MR) is 92.4 cm³/mol. The second-order valence-corrected chi connectivity index (χ2v) is 8.38. The van der Waals surface area contributed by atoms with Crippen LogP contribution in [0.1, 0.15) is 49.0 Å². The highest BCUT2D eigenvalue weighted by Crippen LogP contribution is 2.26. The number of sulfonamides is 1. The summed E-state index contributed by atoms with van der Waals surface area (Å²) in [6.45, 7) is 5.71. The molecule has 0 aromatic heterocycles. The molecular weight excluding hydrogens is 328 g/mol. The number of piperidine rings is 1. The fraction of sp³-hybridized carbons (Fsp3) is 0.588. The average Bonchev–Trinajstić information content (AvgIpc) is 2.55. The summed E-state index contributed by atoms with van der Waals surface area (Å²) in [6, 6.07) is 4.22. The molecule has 0 bridgehead atoms. The third-order valence-corrected chi connectivity index (χ3v) is 6.46. The Bertz CT molecular complexity index is 703. The van der Waals surface area contributed by atoms with E-state index < -0.39 is 10.0 Å². The lowest BCUT2D eigenvalue weighted by atomic mass is 10.1. The number of aliphatic hydroxyl groups is 1. The molecule has 1 aromatic rings. The molecule has 24 heavy (non-hydrogen) atoms. The number of hydrogen-bond donors (Lipinski definition) is 2. The first-order chi connectivity index (χ1) is 11.3. The zero-order valence-corrected chi connectivity index (χ0v) is 15.3. The first kappa shape index (κ1) is 18.9. The van der Waals surface area contributed by atoms with Gasteiger partial charge in [-0.3, -0.25) is 4.79 Å². The Hall–Kier alpha value is -1.44. The minimum absolute atomic E-state index is 0.0308. The first-order valence-electron chi connectivity index (χ1n) is 8.31. The average molecular weight is 354 g/mol. The molecule has 0 saturated carbocycles. The zero-order chi connectivity index (χ0) is 17.9. The highest BCUT2D eigenvalue weighted by molar-refractivity contribution is 7.89. The molecule has 134 valence electrons. The maximum atomic E-state index is 12.9. The number of aliphatic hydroxyl groups excluding tert-OH is 1. The maximum absolute atomic E-state index is 12.9. The summed E-state index contributed by atoms with van der Waals surface area (Å²) in [7, 11) is -3.61. The first-order valence-corrected chi connectivity index (χ1v) is 9.75. The topological polar surface area (TPSA) is 86.7 Å². The van der Waals surface area contributed by atoms with Crippen LogP contribution >= 0.6 is 0 Å². The lowest BCUT2D eigenvalue weighted by Crippen LogP contribution is -2.42. The van der Waals surface area contributed by atoms with Crippen LogP contribution in [0, 0.1) is 6.92 Å². The quantitative estimate of drug-likeness (QED) is 0.842. The van der Waals surface area contributed by atoms with Crippen LogP contribution in [-0.2, 0) is 10.0 Å². The molecule has 1 aliphatic heterocycles. The van der Waals surface area contributed by atoms with E-state index in [0.29, 0.717) is 17.7 Å². The van der Waals surface area contributed by atoms with Crippen molar-refractivity contribution in [1.29, 1.82) is 0 Å². The molecule has 2 rings (SSSR count). The maximum Gasteiger partial charge on any atom is 0.251 e. The van der Waals surface area contributed by atoms with Gasteiger partial charge in [0.1, 0.15) is 0 Å². The van der Waals surface area contributed by atoms with Crippen LogP contribution in [0.5, 0.6) is 0 Å². The van der Waals surface area contributed by atoms with Gasteiger partial charge in [0, 0.05) is 24.2 Å². The van der Waals surface area contributed by atoms with Gasteiger partial charge in [-0.25, -0.2) is 8.42 Å². The highest BCUT2D eigenvalue weighted by Gasteiger charge is 2.31. The summed E-state index contributed by atoms with van der Waals surface area (Å²) in [5.41, 5.74) is 1.02. The van der Waals surface area contributed by atoms with Crippen LogP contribution in [0.3, 0.4) is 0 Å². The van der Waals surface area contributed by atoms with Gasteiger partial charge in [0.05, 0.1) is 11.5 Å². The fourth-order valence-corrected chi connectivity index (χ4v) is 4.64. The number of aryl methyl sites for hydroxylation is 1. The lowest BCUT2D eigenvalue weighted by Gasteiger charge is -2.32. The third-order valence-electron chi connectivity index (χ3n) is 4.45. The minimum Gasteiger partial charge on any atom is -0.394 e. The Morgan fingerprint density at radius 1 is 1.42 bits per heavy atom. The second-order valence-electron chi connectivity index (χ2n) is 6.49. The van der Waals surface area contributed by atoms with E-state index in [-0.39, 0.29) is 29.5 Å². The van der Waals surface area contributed by atoms with Crippen molar-refractivity contribution in [2.75, 3.05) is 13.2 Å². The summed E-state index contributed by atoms with van der Waals surface area (Å²) in [5, 5.41) is 11.7. The van der Waals surface area contributed by atoms with E-state index in [9.17, 15) is 13.2 Å². The number of carbonyl (C=O) groups is 1. The number of hydrogen-bond acceptors (Lipinski definition) is 4. The number of nitrogens with zero attached hydrogens (tertiary/aromatic N) is 1. The van der Waals surface area contributed by atoms with E-state index >= 15 is 0 Å². The van der Waals surface area contributed by atoms with Crippen molar-refractivity contribution >= 4 is 15.9 Å². The van der Waals surface area contributed by atoms with E-state index in [1.54, 1.807) is 26.0 Å². The SMILES string of the molecule is Cc1ccc(S(=O)(=O)N2CCCC[C@@H]2C)cc1C(=O)N[C@H](C)CO. The van der Waals surface area contributed by atoms with Crippen molar-refractivity contribution in [1.82, 2.24) is 9.62 Å². The van der Waals surface area contributed by atoms with Crippen molar-refractivity contribution in [3.63, 3.8) is 0 Å². The molecule has 1 saturated heterocycles. The summed E-state index contributed by atoms with van der Waals surface area (Å²) in [6.07, 6.45) is 2.75. The summed E-state index contributed by atoms with van der Waals surface area (Å²) in [4.78, 5) is 12.5. The largest absolute Gasteiger partial charge is 0.394 e. The van der Waals surface area contributed by atoms with Gasteiger partial charge in [0.25, 0.3) is 5.91 Å². The van der Waals surface area contributed by atoms with Crippen LogP contribution in [0.25, 0.3) is 0 Å². The number of carbonyl (C=O) groups excluding carboxylic acids is 1. The van der Waals surface area contributed by atoms with Crippen LogP contribution in [0.15, 0.2) is 23.1 Å². The second kappa shape index (κ2) is 7.63. The van der Waals surface area contributed by atoms with Gasteiger partial charge >= 0.3 is 0 Å². The Morgan fingerprint density at radius 3 is 2.75 bits per heavy atom. The van der Waals surface area contributed by atoms with Crippen molar-refractivity contribution < 1.29 is 18.3 Å². The molecule has 1 aliphatic rings. The summed E-state index contributed by atoms with van der Waals surface area (Å²) < 4.78 is 27.4. The molecule has 1 aromatic carbocycles. The van der Waals surface area contributed by atoms with Crippen LogP contribution < -0.4 is 5.32 Å². The number of amides is 1. The van der Waals surface area contributed by atoms with Crippen molar-refractivity contribution in [3.05, 3.63) is 29.3 Å². The Balaban J connectivity index is 2.34. The normalized spacial score (nSPS) is 20.6. The van der Waals surface area contributed by atoms with Gasteiger partial charge < -0.3 is 10.4 Å². The Morgan fingerprint density at radius 2 is 2.12 bits per heavy atom. The van der Waals surface area contributed by atoms with Crippen molar-refractivity contribution in [2.45, 2.75) is 57.0 Å². The molecule has 0 aliphatic carbocycles. The number of rotatable bonds is 5. The molecule has 2 atom stereocenters. The Kier molecular flexibility index (Phi) is 6.01. The van der Waals surface area contributed by atoms with E-state index in [1.165, 1.54) is 10.4 Å². The van der Waals surface area contributed by atoms with Crippen molar-refractivity contribution in [2.24, 2.45) is 0 Å². The lowest BCUT2D eigenvalue weighted by molar-refractivity contribution is 0.0921. The van der Waals surface area contributed by atoms with Gasteiger partial charge in [-0.05, 0) is 51.3 Å². The van der Waals surface area contributed by atoms with Gasteiger partial charge in [-0.15, -0.1) is 0 Å². The van der Waals surface area contributed by atoms with Crippen molar-refractivity contribution in [3.8, 4) is 0 Å². The summed E-state index contributed by atoms with van der Waals surface area (Å²) in [5.74, 6) is -0.377. The standard InChI is InChI=1S/C17H26N2O4S/c1-12-7-8-15(10-16(12)17(21)18-13(2)11-20)24(22,23)19-9-5-4-6-14(19)3/h7-8,10,13-14,20H,4-6,9,11H2,1-3H3,(H,18,21)/t13-,14+/m1/s1. The molecule has 7 heteroatoms. The highest BCUT2D eigenvalue weighted by atomic mass is 32.2. The van der Waals surface area contributed by atoms with Gasteiger partial charge in [-0.1, -0.05) is 12.5 Å². The predicted octanol–water partition coefficient (Wildman–Crippen LogP) is 1.67. The molecule has 1 fully saturated rings. The molecule has 1 heterocycles. The van der Waals surface area contributed by atoms with Gasteiger partial charge in [0.15, 0.2) is 0 Å². The molecule has 1 amide bonds. The molecule has 2 N–H and O–H groups in total. The third kappa shape index (κ3) is 3.96. The van der Waals surface area contributed by atoms with Crippen LogP contribution in [0.2, 0.25) is 0 Å². The molecule has 0 spiro atoms. The van der Waals surface area contributed by atoms with Crippen LogP contribution in [-0.4, -0.2) is 49.0 Å². The molecule has 6 nitrogen and oxygen atoms in total. The number of benzene rings is 1. The fourth-order valence-electron chi connectivity index (χ4n) is 2.92. The summed E-state index contributed by atoms with van der Waals surface area (Å²) >= 11 is 0. The Labute approximate surface area is 143 Å². The molecular formula is C17H26N2O4S. The van der Waals surface area contributed by atoms with Gasteiger partial charge in [0.2, 0.25) is 10.0 Å². The van der Waals surface area contributed by atoms with Crippen LogP contribution in [0.4, 0.5) is 0 Å². The smallest absolute Gasteiger partial charge is 0.251 e. The van der Waals surface area contributed by atoms with E-state index in [4.69, 9.17) is 5.11 Å². The molecule has 0 unspecified atom stereocenters. The number of nitrogens with one attached hydrogen (secondary N) is 1.